The number of nitrogens with zero attached hydrogens (tertiary/aromatic N) is 3. The summed E-state index contributed by atoms with van der Waals surface area (Å²) in [6, 6.07) is 22.2. The summed E-state index contributed by atoms with van der Waals surface area (Å²) in [5.74, 6) is -0.324. The normalized spacial score (nSPS) is 17.7. The van der Waals surface area contributed by atoms with Crippen LogP contribution < -0.4 is 0 Å². The van der Waals surface area contributed by atoms with Gasteiger partial charge in [-0.05, 0) is 28.5 Å². The van der Waals surface area contributed by atoms with Gasteiger partial charge in [0.25, 0.3) is 11.8 Å². The number of hydrogen-bond acceptors (Lipinski definition) is 4. The Bertz CT molecular complexity index is 1060. The van der Waals surface area contributed by atoms with E-state index in [0.717, 1.165) is 39.3 Å². The lowest BCUT2D eigenvalue weighted by Gasteiger charge is -2.35. The molecule has 0 aliphatic carbocycles. The Morgan fingerprint density at radius 3 is 1.97 bits per heavy atom. The van der Waals surface area contributed by atoms with Crippen LogP contribution >= 0.6 is 0 Å². The molecule has 30 heavy (non-hydrogen) atoms. The molecule has 2 aliphatic heterocycles. The number of benzene rings is 3. The summed E-state index contributed by atoms with van der Waals surface area (Å²) in [4.78, 5) is 31.3. The Hall–Kier alpha value is -3.02. The maximum atomic E-state index is 12.5. The molecule has 3 aromatic rings. The number of hydrogen-bond donors (Lipinski definition) is 0. The van der Waals surface area contributed by atoms with Crippen LogP contribution in [-0.4, -0.2) is 65.8 Å². The molecule has 0 bridgehead atoms. The lowest BCUT2D eigenvalue weighted by atomic mass is 10.0. The molecule has 2 heterocycles. The predicted molar refractivity (Wildman–Crippen MR) is 117 cm³/mol. The Labute approximate surface area is 176 Å². The highest BCUT2D eigenvalue weighted by Crippen LogP contribution is 2.23. The number of imide groups is 1. The third kappa shape index (κ3) is 3.51. The monoisotopic (exact) mass is 399 g/mol. The first-order valence-electron chi connectivity index (χ1n) is 10.6. The van der Waals surface area contributed by atoms with Crippen LogP contribution in [0.2, 0.25) is 0 Å². The van der Waals surface area contributed by atoms with E-state index in [1.807, 2.05) is 12.1 Å². The molecule has 0 N–H and O–H groups in total. The molecular weight excluding hydrogens is 374 g/mol. The van der Waals surface area contributed by atoms with E-state index in [9.17, 15) is 9.59 Å². The van der Waals surface area contributed by atoms with E-state index in [0.29, 0.717) is 17.7 Å². The highest BCUT2D eigenvalue weighted by Gasteiger charge is 2.35. The molecule has 1 fully saturated rings. The minimum atomic E-state index is -0.162. The summed E-state index contributed by atoms with van der Waals surface area (Å²) in [5, 5.41) is 2.61. The number of carbonyl (C=O) groups excluding carboxylic acids is 2. The molecule has 0 saturated carbocycles. The summed E-state index contributed by atoms with van der Waals surface area (Å²) >= 11 is 0. The smallest absolute Gasteiger partial charge is 0.261 e. The molecule has 2 aliphatic rings. The van der Waals surface area contributed by atoms with Gasteiger partial charge >= 0.3 is 0 Å². The zero-order chi connectivity index (χ0) is 20.5. The Balaban J connectivity index is 1.15. The fraction of sp³-hybridized carbons (Fsp3) is 0.280. The number of amides is 2. The minimum absolute atomic E-state index is 0.162. The van der Waals surface area contributed by atoms with Gasteiger partial charge in [-0.2, -0.15) is 0 Å². The van der Waals surface area contributed by atoms with E-state index in [2.05, 4.69) is 52.3 Å². The SMILES string of the molecule is O=C1c2ccccc2C(=O)N1CCN1CCN(Cc2cccc3ccccc23)CC1. The molecule has 0 spiro atoms. The first kappa shape index (κ1) is 19.0. The Kier molecular flexibility index (Phi) is 5.07. The van der Waals surface area contributed by atoms with Crippen LogP contribution in [0.15, 0.2) is 66.7 Å². The highest BCUT2D eigenvalue weighted by molar-refractivity contribution is 6.21. The standard InChI is InChI=1S/C25H25N3O2/c29-24-22-10-3-4-11-23(22)25(30)28(24)17-16-26-12-14-27(15-13-26)18-20-8-5-7-19-6-1-2-9-21(19)20/h1-11H,12-18H2. The molecule has 0 aromatic heterocycles. The second kappa shape index (κ2) is 8.01. The van der Waals surface area contributed by atoms with Crippen LogP contribution in [0.1, 0.15) is 26.3 Å². The van der Waals surface area contributed by atoms with Crippen LogP contribution in [0.25, 0.3) is 10.8 Å². The predicted octanol–water partition coefficient (Wildman–Crippen LogP) is 3.25. The van der Waals surface area contributed by atoms with E-state index in [4.69, 9.17) is 0 Å². The van der Waals surface area contributed by atoms with Crippen LogP contribution in [0.5, 0.6) is 0 Å². The van der Waals surface area contributed by atoms with E-state index in [1.54, 1.807) is 12.1 Å². The van der Waals surface area contributed by atoms with Crippen molar-refractivity contribution in [1.82, 2.24) is 14.7 Å². The van der Waals surface area contributed by atoms with Crippen molar-refractivity contribution in [3.05, 3.63) is 83.4 Å². The van der Waals surface area contributed by atoms with Crippen molar-refractivity contribution in [1.29, 1.82) is 0 Å². The molecule has 0 radical (unpaired) electrons. The van der Waals surface area contributed by atoms with Crippen molar-refractivity contribution < 1.29 is 9.59 Å². The molecule has 5 nitrogen and oxygen atoms in total. The molecule has 1 saturated heterocycles. The maximum Gasteiger partial charge on any atom is 0.261 e. The second-order valence-electron chi connectivity index (χ2n) is 8.06. The van der Waals surface area contributed by atoms with E-state index in [1.165, 1.54) is 21.2 Å². The highest BCUT2D eigenvalue weighted by atomic mass is 16.2. The Morgan fingerprint density at radius 1 is 0.633 bits per heavy atom. The number of piperazine rings is 1. The first-order valence-corrected chi connectivity index (χ1v) is 10.6. The van der Waals surface area contributed by atoms with Crippen molar-refractivity contribution in [2.75, 3.05) is 39.3 Å². The largest absolute Gasteiger partial charge is 0.299 e. The third-order valence-electron chi connectivity index (χ3n) is 6.26. The number of fused-ring (bicyclic) bond motifs is 2. The first-order chi connectivity index (χ1) is 14.7. The van der Waals surface area contributed by atoms with Gasteiger partial charge in [0.1, 0.15) is 0 Å². The van der Waals surface area contributed by atoms with Crippen molar-refractivity contribution in [3.8, 4) is 0 Å². The maximum absolute atomic E-state index is 12.5. The number of rotatable bonds is 5. The minimum Gasteiger partial charge on any atom is -0.299 e. The van der Waals surface area contributed by atoms with E-state index in [-0.39, 0.29) is 11.8 Å². The lowest BCUT2D eigenvalue weighted by Crippen LogP contribution is -2.48. The molecule has 152 valence electrons. The van der Waals surface area contributed by atoms with Crippen molar-refractivity contribution in [2.45, 2.75) is 6.54 Å². The van der Waals surface area contributed by atoms with Gasteiger partial charge in [-0.25, -0.2) is 0 Å². The topological polar surface area (TPSA) is 43.9 Å². The van der Waals surface area contributed by atoms with Gasteiger partial charge in [-0.3, -0.25) is 24.3 Å². The molecule has 0 unspecified atom stereocenters. The quantitative estimate of drug-likeness (QED) is 0.618. The van der Waals surface area contributed by atoms with Crippen LogP contribution in [0.4, 0.5) is 0 Å². The zero-order valence-corrected chi connectivity index (χ0v) is 17.0. The van der Waals surface area contributed by atoms with Gasteiger partial charge in [0.2, 0.25) is 0 Å². The van der Waals surface area contributed by atoms with Gasteiger partial charge in [-0.15, -0.1) is 0 Å². The lowest BCUT2D eigenvalue weighted by molar-refractivity contribution is 0.0612. The molecule has 2 amide bonds. The van der Waals surface area contributed by atoms with E-state index >= 15 is 0 Å². The summed E-state index contributed by atoms with van der Waals surface area (Å²) in [6.45, 7) is 6.02. The Morgan fingerprint density at radius 2 is 1.23 bits per heavy atom. The summed E-state index contributed by atoms with van der Waals surface area (Å²) < 4.78 is 0. The van der Waals surface area contributed by atoms with E-state index < -0.39 is 0 Å². The van der Waals surface area contributed by atoms with Gasteiger partial charge in [0.15, 0.2) is 0 Å². The van der Waals surface area contributed by atoms with Gasteiger partial charge in [0.05, 0.1) is 11.1 Å². The van der Waals surface area contributed by atoms with Crippen LogP contribution in [0.3, 0.4) is 0 Å². The average molecular weight is 399 g/mol. The van der Waals surface area contributed by atoms with Gasteiger partial charge in [0, 0.05) is 45.8 Å². The van der Waals surface area contributed by atoms with Gasteiger partial charge < -0.3 is 0 Å². The summed E-state index contributed by atoms with van der Waals surface area (Å²) in [6.07, 6.45) is 0. The van der Waals surface area contributed by atoms with Gasteiger partial charge in [-0.1, -0.05) is 54.6 Å². The van der Waals surface area contributed by atoms with Crippen molar-refractivity contribution in [2.24, 2.45) is 0 Å². The molecule has 3 aromatic carbocycles. The fourth-order valence-electron chi connectivity index (χ4n) is 4.53. The molecule has 5 heteroatoms. The summed E-state index contributed by atoms with van der Waals surface area (Å²) in [7, 11) is 0. The molecule has 0 atom stereocenters. The number of carbonyl (C=O) groups is 2. The average Bonchev–Trinajstić information content (AvgIpc) is 3.04. The van der Waals surface area contributed by atoms with Crippen LogP contribution in [-0.2, 0) is 6.54 Å². The second-order valence-corrected chi connectivity index (χ2v) is 8.06. The third-order valence-corrected chi connectivity index (χ3v) is 6.26. The fourth-order valence-corrected chi connectivity index (χ4v) is 4.53. The molecular formula is C25H25N3O2. The summed E-state index contributed by atoms with van der Waals surface area (Å²) in [5.41, 5.74) is 2.43. The van der Waals surface area contributed by atoms with Crippen molar-refractivity contribution >= 4 is 22.6 Å². The molecule has 5 rings (SSSR count). The zero-order valence-electron chi connectivity index (χ0n) is 17.0. The van der Waals surface area contributed by atoms with Crippen LogP contribution in [0, 0.1) is 0 Å². The van der Waals surface area contributed by atoms with Crippen molar-refractivity contribution in [3.63, 3.8) is 0 Å².